The number of aliphatic hydroxyl groups is 1. The first-order valence-corrected chi connectivity index (χ1v) is 7.38. The number of ether oxygens (including phenoxy) is 1. The summed E-state index contributed by atoms with van der Waals surface area (Å²) in [6.07, 6.45) is -1.83. The maximum atomic E-state index is 12.4. The van der Waals surface area contributed by atoms with E-state index in [0.717, 1.165) is 12.1 Å². The lowest BCUT2D eigenvalue weighted by molar-refractivity contribution is -0.138. The SMILES string of the molecule is COc1ccc(C(O)C(=O)N(N)C(=O)c2c(C)cc(O)cc2O)cc1O. The van der Waals surface area contributed by atoms with E-state index in [0.29, 0.717) is 0 Å². The summed E-state index contributed by atoms with van der Waals surface area (Å²) in [6.45, 7) is 1.43. The normalized spacial score (nSPS) is 11.7. The highest BCUT2D eigenvalue weighted by molar-refractivity contribution is 6.07. The molecule has 1 unspecified atom stereocenters. The Balaban J connectivity index is 2.29. The highest BCUT2D eigenvalue weighted by Gasteiger charge is 2.30. The summed E-state index contributed by atoms with van der Waals surface area (Å²) in [6, 6.07) is 5.89. The van der Waals surface area contributed by atoms with Crippen molar-refractivity contribution in [1.82, 2.24) is 5.01 Å². The lowest BCUT2D eigenvalue weighted by Crippen LogP contribution is -2.45. The van der Waals surface area contributed by atoms with Gasteiger partial charge in [-0.15, -0.1) is 0 Å². The van der Waals surface area contributed by atoms with Gasteiger partial charge < -0.3 is 25.2 Å². The number of nitrogens with two attached hydrogens (primary N) is 1. The summed E-state index contributed by atoms with van der Waals surface area (Å²) >= 11 is 0. The van der Waals surface area contributed by atoms with Crippen LogP contribution in [-0.4, -0.2) is 44.4 Å². The number of aryl methyl sites for hydroxylation is 1. The van der Waals surface area contributed by atoms with Crippen molar-refractivity contribution in [3.63, 3.8) is 0 Å². The molecule has 2 aromatic carbocycles. The number of phenolic OH excluding ortho intramolecular Hbond substituents is 3. The van der Waals surface area contributed by atoms with E-state index in [4.69, 9.17) is 10.6 Å². The maximum absolute atomic E-state index is 12.4. The lowest BCUT2D eigenvalue weighted by Gasteiger charge is -2.20. The number of hydrazine groups is 1. The van der Waals surface area contributed by atoms with Crippen LogP contribution in [0.1, 0.15) is 27.6 Å². The molecule has 0 heterocycles. The number of carbonyl (C=O) groups is 2. The molecular weight excluding hydrogens is 344 g/mol. The zero-order valence-corrected chi connectivity index (χ0v) is 14.0. The van der Waals surface area contributed by atoms with Gasteiger partial charge in [0.15, 0.2) is 17.6 Å². The van der Waals surface area contributed by atoms with Crippen LogP contribution in [-0.2, 0) is 4.79 Å². The monoisotopic (exact) mass is 362 g/mol. The molecule has 0 bridgehead atoms. The first-order chi connectivity index (χ1) is 12.2. The Morgan fingerprint density at radius 2 is 1.77 bits per heavy atom. The van der Waals surface area contributed by atoms with Gasteiger partial charge in [-0.25, -0.2) is 10.9 Å². The molecule has 26 heavy (non-hydrogen) atoms. The standard InChI is InChI=1S/C17H18N2O7/c1-8-5-10(20)7-12(22)14(8)16(24)19(18)17(25)15(23)9-3-4-13(26-2)11(21)6-9/h3-7,15,20-23H,18H2,1-2H3. The number of carbonyl (C=O) groups excluding carboxylic acids is 2. The minimum absolute atomic E-state index is 0.0109. The minimum Gasteiger partial charge on any atom is -0.508 e. The van der Waals surface area contributed by atoms with Gasteiger partial charge in [-0.1, -0.05) is 6.07 Å². The fourth-order valence-corrected chi connectivity index (χ4v) is 2.40. The zero-order valence-electron chi connectivity index (χ0n) is 14.0. The molecule has 0 radical (unpaired) electrons. The van der Waals surface area contributed by atoms with Crippen LogP contribution >= 0.6 is 0 Å². The summed E-state index contributed by atoms with van der Waals surface area (Å²) in [5, 5.41) is 39.3. The molecule has 0 saturated heterocycles. The molecule has 0 aromatic heterocycles. The molecule has 2 amide bonds. The van der Waals surface area contributed by atoms with Crippen molar-refractivity contribution in [2.45, 2.75) is 13.0 Å². The van der Waals surface area contributed by atoms with Gasteiger partial charge in [0.25, 0.3) is 11.8 Å². The number of aliphatic hydroxyl groups excluding tert-OH is 1. The molecular formula is C17H18N2O7. The minimum atomic E-state index is -1.83. The van der Waals surface area contributed by atoms with Crippen molar-refractivity contribution in [3.05, 3.63) is 47.0 Å². The quantitative estimate of drug-likeness (QED) is 0.302. The highest BCUT2D eigenvalue weighted by atomic mass is 16.5. The van der Waals surface area contributed by atoms with Gasteiger partial charge in [0.05, 0.1) is 12.7 Å². The molecule has 0 aliphatic rings. The van der Waals surface area contributed by atoms with Crippen molar-refractivity contribution in [1.29, 1.82) is 0 Å². The Hall–Kier alpha value is -3.30. The van der Waals surface area contributed by atoms with E-state index in [1.165, 1.54) is 32.2 Å². The Bertz CT molecular complexity index is 843. The number of benzene rings is 2. The van der Waals surface area contributed by atoms with Crippen LogP contribution in [0.3, 0.4) is 0 Å². The van der Waals surface area contributed by atoms with E-state index in [-0.39, 0.29) is 38.9 Å². The van der Waals surface area contributed by atoms with Gasteiger partial charge in [0.1, 0.15) is 11.5 Å². The lowest BCUT2D eigenvalue weighted by atomic mass is 10.0. The summed E-state index contributed by atoms with van der Waals surface area (Å²) in [4.78, 5) is 24.7. The molecule has 0 fully saturated rings. The first-order valence-electron chi connectivity index (χ1n) is 7.38. The average Bonchev–Trinajstić information content (AvgIpc) is 2.58. The number of nitrogens with zero attached hydrogens (tertiary/aromatic N) is 1. The summed E-state index contributed by atoms with van der Waals surface area (Å²) in [5.41, 5.74) is -0.112. The van der Waals surface area contributed by atoms with E-state index in [1.807, 2.05) is 0 Å². The number of methoxy groups -OCH3 is 1. The molecule has 1 atom stereocenters. The molecule has 138 valence electrons. The number of imide groups is 1. The van der Waals surface area contributed by atoms with Crippen molar-refractivity contribution in [3.8, 4) is 23.0 Å². The van der Waals surface area contributed by atoms with Gasteiger partial charge >= 0.3 is 0 Å². The molecule has 9 heteroatoms. The number of rotatable bonds is 4. The summed E-state index contributed by atoms with van der Waals surface area (Å²) in [7, 11) is 1.34. The largest absolute Gasteiger partial charge is 0.508 e. The molecule has 0 aliphatic heterocycles. The Kier molecular flexibility index (Phi) is 5.34. The number of aromatic hydroxyl groups is 3. The van der Waals surface area contributed by atoms with Crippen molar-refractivity contribution in [2.75, 3.05) is 7.11 Å². The van der Waals surface area contributed by atoms with Crippen LogP contribution in [0.25, 0.3) is 0 Å². The van der Waals surface area contributed by atoms with Crippen LogP contribution in [0.4, 0.5) is 0 Å². The van der Waals surface area contributed by atoms with E-state index < -0.39 is 23.7 Å². The second-order valence-corrected chi connectivity index (χ2v) is 5.50. The molecule has 0 aliphatic carbocycles. The number of hydrogen-bond donors (Lipinski definition) is 5. The zero-order chi connectivity index (χ0) is 19.6. The molecule has 0 saturated carbocycles. The second-order valence-electron chi connectivity index (χ2n) is 5.50. The first kappa shape index (κ1) is 19.0. The van der Waals surface area contributed by atoms with Crippen LogP contribution in [0.15, 0.2) is 30.3 Å². The van der Waals surface area contributed by atoms with Crippen LogP contribution in [0.2, 0.25) is 0 Å². The van der Waals surface area contributed by atoms with Crippen LogP contribution in [0.5, 0.6) is 23.0 Å². The van der Waals surface area contributed by atoms with Crippen molar-refractivity contribution >= 4 is 11.8 Å². The number of hydrogen-bond acceptors (Lipinski definition) is 8. The smallest absolute Gasteiger partial charge is 0.278 e. The maximum Gasteiger partial charge on any atom is 0.278 e. The predicted octanol–water partition coefficient (Wildman–Crippen LogP) is 0.697. The molecule has 0 spiro atoms. The summed E-state index contributed by atoms with van der Waals surface area (Å²) in [5.74, 6) is 2.28. The van der Waals surface area contributed by atoms with Gasteiger partial charge in [0, 0.05) is 6.07 Å². The van der Waals surface area contributed by atoms with Gasteiger partial charge in [-0.3, -0.25) is 9.59 Å². The molecule has 2 aromatic rings. The van der Waals surface area contributed by atoms with Crippen LogP contribution < -0.4 is 10.6 Å². The average molecular weight is 362 g/mol. The number of amides is 2. The third kappa shape index (κ3) is 3.53. The fraction of sp³-hybridized carbons (Fsp3) is 0.176. The summed E-state index contributed by atoms with van der Waals surface area (Å²) < 4.78 is 4.87. The predicted molar refractivity (Wildman–Crippen MR) is 89.5 cm³/mol. The Morgan fingerprint density at radius 3 is 2.31 bits per heavy atom. The van der Waals surface area contributed by atoms with E-state index in [1.54, 1.807) is 0 Å². The fourth-order valence-electron chi connectivity index (χ4n) is 2.40. The van der Waals surface area contributed by atoms with E-state index in [2.05, 4.69) is 0 Å². The molecule has 6 N–H and O–H groups in total. The Labute approximate surface area is 148 Å². The number of phenols is 3. The molecule has 9 nitrogen and oxygen atoms in total. The Morgan fingerprint density at radius 1 is 1.12 bits per heavy atom. The van der Waals surface area contributed by atoms with Gasteiger partial charge in [0.2, 0.25) is 0 Å². The van der Waals surface area contributed by atoms with Crippen LogP contribution in [0, 0.1) is 6.92 Å². The topological polar surface area (TPSA) is 154 Å². The van der Waals surface area contributed by atoms with Gasteiger partial charge in [-0.2, -0.15) is 0 Å². The van der Waals surface area contributed by atoms with Gasteiger partial charge in [-0.05, 0) is 36.2 Å². The van der Waals surface area contributed by atoms with E-state index in [9.17, 15) is 30.0 Å². The molecule has 2 rings (SSSR count). The van der Waals surface area contributed by atoms with E-state index >= 15 is 0 Å². The third-order valence-electron chi connectivity index (χ3n) is 3.72. The van der Waals surface area contributed by atoms with Crippen molar-refractivity contribution in [2.24, 2.45) is 5.84 Å². The third-order valence-corrected chi connectivity index (χ3v) is 3.72. The van der Waals surface area contributed by atoms with Crippen molar-refractivity contribution < 1.29 is 34.8 Å². The second kappa shape index (κ2) is 7.30. The highest BCUT2D eigenvalue weighted by Crippen LogP contribution is 2.30.